The predicted molar refractivity (Wildman–Crippen MR) is 82.8 cm³/mol. The summed E-state index contributed by atoms with van der Waals surface area (Å²) < 4.78 is 0. The topological polar surface area (TPSA) is 86.7 Å². The second kappa shape index (κ2) is 5.92. The first-order chi connectivity index (χ1) is 11.1. The molecule has 3 rings (SSSR count). The lowest BCUT2D eigenvalue weighted by atomic mass is 9.93. The molecule has 2 amide bonds. The van der Waals surface area contributed by atoms with Crippen molar-refractivity contribution in [2.24, 2.45) is 0 Å². The van der Waals surface area contributed by atoms with Crippen LogP contribution in [0.3, 0.4) is 0 Å². The average molecular weight is 310 g/mol. The maximum atomic E-state index is 12.7. The number of hydrogen-bond acceptors (Lipinski definition) is 3. The van der Waals surface area contributed by atoms with Crippen LogP contribution in [0.25, 0.3) is 0 Å². The third kappa shape index (κ3) is 2.91. The summed E-state index contributed by atoms with van der Waals surface area (Å²) >= 11 is 0. The summed E-state index contributed by atoms with van der Waals surface area (Å²) in [7, 11) is 0. The van der Waals surface area contributed by atoms with Crippen LogP contribution in [0.5, 0.6) is 0 Å². The van der Waals surface area contributed by atoms with Gasteiger partial charge in [0.15, 0.2) is 0 Å². The first-order valence-electron chi connectivity index (χ1n) is 7.08. The molecule has 1 heterocycles. The number of carbonyl (C=O) groups is 3. The fourth-order valence-electron chi connectivity index (χ4n) is 2.54. The highest BCUT2D eigenvalue weighted by atomic mass is 16.4. The number of aromatic carboxylic acids is 1. The van der Waals surface area contributed by atoms with E-state index in [9.17, 15) is 14.4 Å². The van der Waals surface area contributed by atoms with Crippen LogP contribution in [-0.2, 0) is 9.59 Å². The molecule has 6 nitrogen and oxygen atoms in total. The summed E-state index contributed by atoms with van der Waals surface area (Å²) in [6.07, 6.45) is 0.0898. The van der Waals surface area contributed by atoms with Gasteiger partial charge in [-0.3, -0.25) is 15.0 Å². The van der Waals surface area contributed by atoms with Crippen LogP contribution < -0.4 is 10.4 Å². The van der Waals surface area contributed by atoms with Gasteiger partial charge >= 0.3 is 5.97 Å². The number of hydrazine groups is 1. The Morgan fingerprint density at radius 2 is 1.70 bits per heavy atom. The van der Waals surface area contributed by atoms with Crippen molar-refractivity contribution in [1.29, 1.82) is 0 Å². The molecule has 1 saturated heterocycles. The minimum absolute atomic E-state index is 0.0898. The van der Waals surface area contributed by atoms with Crippen molar-refractivity contribution in [2.45, 2.75) is 12.3 Å². The molecule has 1 aliphatic heterocycles. The third-order valence-electron chi connectivity index (χ3n) is 3.72. The van der Waals surface area contributed by atoms with Crippen LogP contribution in [0.1, 0.15) is 28.3 Å². The van der Waals surface area contributed by atoms with Gasteiger partial charge in [-0.15, -0.1) is 0 Å². The molecule has 0 bridgehead atoms. The van der Waals surface area contributed by atoms with E-state index in [-0.39, 0.29) is 23.8 Å². The van der Waals surface area contributed by atoms with E-state index in [0.29, 0.717) is 5.69 Å². The molecule has 1 atom stereocenters. The third-order valence-corrected chi connectivity index (χ3v) is 3.72. The van der Waals surface area contributed by atoms with Crippen LogP contribution in [0.4, 0.5) is 5.69 Å². The van der Waals surface area contributed by atoms with Crippen LogP contribution in [0.2, 0.25) is 0 Å². The van der Waals surface area contributed by atoms with Crippen molar-refractivity contribution in [3.63, 3.8) is 0 Å². The maximum Gasteiger partial charge on any atom is 0.335 e. The van der Waals surface area contributed by atoms with Gasteiger partial charge in [0.25, 0.3) is 5.91 Å². The number of carbonyl (C=O) groups excluding carboxylic acids is 2. The van der Waals surface area contributed by atoms with Crippen LogP contribution in [0, 0.1) is 0 Å². The van der Waals surface area contributed by atoms with Crippen molar-refractivity contribution in [2.75, 3.05) is 5.01 Å². The molecule has 116 valence electrons. The fourth-order valence-corrected chi connectivity index (χ4v) is 2.54. The Morgan fingerprint density at radius 1 is 1.04 bits per heavy atom. The number of nitrogens with zero attached hydrogens (tertiary/aromatic N) is 1. The van der Waals surface area contributed by atoms with E-state index in [4.69, 9.17) is 5.11 Å². The average Bonchev–Trinajstić information content (AvgIpc) is 2.57. The van der Waals surface area contributed by atoms with Crippen LogP contribution in [0.15, 0.2) is 54.6 Å². The van der Waals surface area contributed by atoms with Crippen LogP contribution >= 0.6 is 0 Å². The predicted octanol–water partition coefficient (Wildman–Crippen LogP) is 1.94. The van der Waals surface area contributed by atoms with Crippen LogP contribution in [-0.4, -0.2) is 22.9 Å². The van der Waals surface area contributed by atoms with E-state index in [1.165, 1.54) is 29.3 Å². The lowest BCUT2D eigenvalue weighted by Gasteiger charge is -2.32. The number of nitrogens with one attached hydrogen (secondary N) is 1. The SMILES string of the molecule is O=C1CC(c2ccccc2)C(=O)N(c2ccc(C(=O)O)cc2)N1. The lowest BCUT2D eigenvalue weighted by Crippen LogP contribution is -2.53. The molecular weight excluding hydrogens is 296 g/mol. The molecule has 6 heteroatoms. The van der Waals surface area contributed by atoms with Gasteiger partial charge in [-0.05, 0) is 29.8 Å². The monoisotopic (exact) mass is 310 g/mol. The number of hydrogen-bond donors (Lipinski definition) is 2. The Balaban J connectivity index is 1.91. The fraction of sp³-hybridized carbons (Fsp3) is 0.118. The van der Waals surface area contributed by atoms with Gasteiger partial charge in [0.05, 0.1) is 17.2 Å². The smallest absolute Gasteiger partial charge is 0.335 e. The maximum absolute atomic E-state index is 12.7. The molecule has 0 aromatic heterocycles. The Hall–Kier alpha value is -3.15. The second-order valence-electron chi connectivity index (χ2n) is 5.23. The standard InChI is InChI=1S/C17H14N2O4/c20-15-10-14(11-4-2-1-3-5-11)16(21)19(18-15)13-8-6-12(7-9-13)17(22)23/h1-9,14H,10H2,(H,18,20)(H,22,23). The summed E-state index contributed by atoms with van der Waals surface area (Å²) in [6.45, 7) is 0. The number of amides is 2. The van der Waals surface area contributed by atoms with Crippen molar-refractivity contribution in [1.82, 2.24) is 5.43 Å². The molecule has 0 spiro atoms. The van der Waals surface area contributed by atoms with Gasteiger partial charge in [0.2, 0.25) is 5.91 Å². The highest BCUT2D eigenvalue weighted by Gasteiger charge is 2.35. The van der Waals surface area contributed by atoms with E-state index in [0.717, 1.165) is 5.56 Å². The zero-order chi connectivity index (χ0) is 16.4. The highest BCUT2D eigenvalue weighted by Crippen LogP contribution is 2.28. The largest absolute Gasteiger partial charge is 0.478 e. The molecule has 1 unspecified atom stereocenters. The summed E-state index contributed by atoms with van der Waals surface area (Å²) in [5.74, 6) is -2.11. The minimum Gasteiger partial charge on any atom is -0.478 e. The molecular formula is C17H14N2O4. The first kappa shape index (κ1) is 14.8. The summed E-state index contributed by atoms with van der Waals surface area (Å²) in [4.78, 5) is 35.5. The van der Waals surface area contributed by atoms with Crippen molar-refractivity contribution in [3.8, 4) is 0 Å². The van der Waals surface area contributed by atoms with Gasteiger partial charge < -0.3 is 5.11 Å². The van der Waals surface area contributed by atoms with E-state index < -0.39 is 11.9 Å². The van der Waals surface area contributed by atoms with E-state index >= 15 is 0 Å². The normalized spacial score (nSPS) is 17.7. The Labute approximate surface area is 132 Å². The van der Waals surface area contributed by atoms with Gasteiger partial charge in [0, 0.05) is 6.42 Å². The molecule has 2 aromatic carbocycles. The zero-order valence-electron chi connectivity index (χ0n) is 12.1. The molecule has 1 fully saturated rings. The number of carboxylic acids is 1. The molecule has 1 aliphatic rings. The van der Waals surface area contributed by atoms with E-state index in [1.54, 1.807) is 0 Å². The van der Waals surface area contributed by atoms with Gasteiger partial charge in [-0.2, -0.15) is 0 Å². The Kier molecular flexibility index (Phi) is 3.80. The highest BCUT2D eigenvalue weighted by molar-refractivity contribution is 6.05. The van der Waals surface area contributed by atoms with Gasteiger partial charge in [-0.25, -0.2) is 9.80 Å². The Bertz CT molecular complexity index is 756. The zero-order valence-corrected chi connectivity index (χ0v) is 12.1. The molecule has 0 aliphatic carbocycles. The second-order valence-corrected chi connectivity index (χ2v) is 5.23. The molecule has 2 N–H and O–H groups in total. The van der Waals surface area contributed by atoms with Gasteiger partial charge in [0.1, 0.15) is 0 Å². The summed E-state index contributed by atoms with van der Waals surface area (Å²) in [5, 5.41) is 10.1. The molecule has 23 heavy (non-hydrogen) atoms. The number of carboxylic acid groups (broad SMARTS) is 1. The van der Waals surface area contributed by atoms with Gasteiger partial charge in [-0.1, -0.05) is 30.3 Å². The molecule has 2 aromatic rings. The van der Waals surface area contributed by atoms with Crippen molar-refractivity contribution < 1.29 is 19.5 Å². The van der Waals surface area contributed by atoms with E-state index in [1.807, 2.05) is 30.3 Å². The summed E-state index contributed by atoms with van der Waals surface area (Å²) in [6, 6.07) is 14.9. The number of anilines is 1. The van der Waals surface area contributed by atoms with Crippen molar-refractivity contribution in [3.05, 3.63) is 65.7 Å². The molecule has 0 saturated carbocycles. The first-order valence-corrected chi connectivity index (χ1v) is 7.08. The van der Waals surface area contributed by atoms with E-state index in [2.05, 4.69) is 5.43 Å². The minimum atomic E-state index is -1.05. The summed E-state index contributed by atoms with van der Waals surface area (Å²) in [5.41, 5.74) is 3.85. The quantitative estimate of drug-likeness (QED) is 0.907. The lowest BCUT2D eigenvalue weighted by molar-refractivity contribution is -0.132. The number of rotatable bonds is 3. The van der Waals surface area contributed by atoms with Crippen molar-refractivity contribution >= 4 is 23.5 Å². The number of benzene rings is 2. The Morgan fingerprint density at radius 3 is 2.30 bits per heavy atom. The molecule has 0 radical (unpaired) electrons.